The Bertz CT molecular complexity index is 401. The summed E-state index contributed by atoms with van der Waals surface area (Å²) >= 11 is 1.58. The standard InChI is InChI=1S/C11H14F2N2OS/c1-17-5-4-9(14)11(16)15-10-3-2-7(12)6-8(10)13/h2-3,6,9H,4-5,14H2,1H3,(H,15,16)/t9-/m0/s1. The van der Waals surface area contributed by atoms with Crippen molar-refractivity contribution in [3.05, 3.63) is 29.8 Å². The van der Waals surface area contributed by atoms with Crippen molar-refractivity contribution in [2.75, 3.05) is 17.3 Å². The first-order valence-electron chi connectivity index (χ1n) is 5.05. The van der Waals surface area contributed by atoms with E-state index in [-0.39, 0.29) is 5.69 Å². The number of nitrogens with one attached hydrogen (secondary N) is 1. The highest BCUT2D eigenvalue weighted by Crippen LogP contribution is 2.15. The van der Waals surface area contributed by atoms with E-state index in [2.05, 4.69) is 5.32 Å². The normalized spacial score (nSPS) is 12.2. The number of nitrogens with two attached hydrogens (primary N) is 1. The monoisotopic (exact) mass is 260 g/mol. The number of carbonyl (C=O) groups excluding carboxylic acids is 1. The summed E-state index contributed by atoms with van der Waals surface area (Å²) in [4.78, 5) is 11.5. The van der Waals surface area contributed by atoms with Crippen molar-refractivity contribution in [2.45, 2.75) is 12.5 Å². The number of hydrogen-bond acceptors (Lipinski definition) is 3. The van der Waals surface area contributed by atoms with Gasteiger partial charge in [-0.1, -0.05) is 0 Å². The summed E-state index contributed by atoms with van der Waals surface area (Å²) in [6.07, 6.45) is 2.42. The fraction of sp³-hybridized carbons (Fsp3) is 0.364. The number of rotatable bonds is 5. The molecule has 6 heteroatoms. The molecule has 0 heterocycles. The zero-order valence-electron chi connectivity index (χ0n) is 9.37. The molecule has 0 aliphatic rings. The van der Waals surface area contributed by atoms with Gasteiger partial charge in [0.15, 0.2) is 0 Å². The van der Waals surface area contributed by atoms with Gasteiger partial charge in [0.25, 0.3) is 0 Å². The summed E-state index contributed by atoms with van der Waals surface area (Å²) in [6.45, 7) is 0. The summed E-state index contributed by atoms with van der Waals surface area (Å²) in [5, 5.41) is 2.33. The second-order valence-corrected chi connectivity index (χ2v) is 4.49. The number of carbonyl (C=O) groups is 1. The molecule has 1 rings (SSSR count). The molecule has 1 aromatic carbocycles. The fourth-order valence-corrected chi connectivity index (χ4v) is 1.68. The van der Waals surface area contributed by atoms with Crippen molar-refractivity contribution in [3.8, 4) is 0 Å². The molecule has 0 fully saturated rings. The lowest BCUT2D eigenvalue weighted by molar-refractivity contribution is -0.117. The molecule has 0 bridgehead atoms. The molecule has 94 valence electrons. The van der Waals surface area contributed by atoms with Gasteiger partial charge in [0.05, 0.1) is 11.7 Å². The maximum Gasteiger partial charge on any atom is 0.241 e. The van der Waals surface area contributed by atoms with Crippen LogP contribution in [0.3, 0.4) is 0 Å². The second-order valence-electron chi connectivity index (χ2n) is 3.50. The van der Waals surface area contributed by atoms with Gasteiger partial charge < -0.3 is 11.1 Å². The molecule has 3 N–H and O–H groups in total. The highest BCUT2D eigenvalue weighted by atomic mass is 32.2. The van der Waals surface area contributed by atoms with E-state index in [1.54, 1.807) is 11.8 Å². The van der Waals surface area contributed by atoms with E-state index in [1.807, 2.05) is 6.26 Å². The number of thioether (sulfide) groups is 1. The number of hydrogen-bond donors (Lipinski definition) is 2. The SMILES string of the molecule is CSCC[C@H](N)C(=O)Nc1ccc(F)cc1F. The third-order valence-corrected chi connectivity index (χ3v) is 2.80. The third kappa shape index (κ3) is 4.32. The van der Waals surface area contributed by atoms with Gasteiger partial charge in [0, 0.05) is 6.07 Å². The molecule has 0 saturated heterocycles. The van der Waals surface area contributed by atoms with E-state index in [0.29, 0.717) is 12.5 Å². The van der Waals surface area contributed by atoms with Gasteiger partial charge in [-0.3, -0.25) is 4.79 Å². The Morgan fingerprint density at radius 2 is 2.24 bits per heavy atom. The van der Waals surface area contributed by atoms with Crippen LogP contribution in [0, 0.1) is 11.6 Å². The lowest BCUT2D eigenvalue weighted by Gasteiger charge is -2.12. The smallest absolute Gasteiger partial charge is 0.241 e. The van der Waals surface area contributed by atoms with Crippen LogP contribution in [0.1, 0.15) is 6.42 Å². The minimum absolute atomic E-state index is 0.0593. The lowest BCUT2D eigenvalue weighted by atomic mass is 10.2. The first kappa shape index (κ1) is 13.9. The number of halogens is 2. The van der Waals surface area contributed by atoms with E-state index in [0.717, 1.165) is 11.8 Å². The quantitative estimate of drug-likeness (QED) is 0.851. The largest absolute Gasteiger partial charge is 0.322 e. The Labute approximate surface area is 103 Å². The number of amides is 1. The number of anilines is 1. The predicted molar refractivity (Wildman–Crippen MR) is 66.0 cm³/mol. The molecule has 0 aliphatic heterocycles. The Hall–Kier alpha value is -1.14. The predicted octanol–water partition coefficient (Wildman–Crippen LogP) is 1.98. The van der Waals surface area contributed by atoms with Gasteiger partial charge in [0.2, 0.25) is 5.91 Å². The van der Waals surface area contributed by atoms with Crippen molar-refractivity contribution < 1.29 is 13.6 Å². The van der Waals surface area contributed by atoms with Crippen LogP contribution in [-0.4, -0.2) is 24.0 Å². The van der Waals surface area contributed by atoms with Gasteiger partial charge in [-0.2, -0.15) is 11.8 Å². The highest BCUT2D eigenvalue weighted by Gasteiger charge is 2.14. The van der Waals surface area contributed by atoms with Crippen LogP contribution >= 0.6 is 11.8 Å². The Morgan fingerprint density at radius 1 is 1.53 bits per heavy atom. The van der Waals surface area contributed by atoms with Crippen molar-refractivity contribution in [1.82, 2.24) is 0 Å². The van der Waals surface area contributed by atoms with Crippen molar-refractivity contribution in [3.63, 3.8) is 0 Å². The molecular weight excluding hydrogens is 246 g/mol. The first-order valence-corrected chi connectivity index (χ1v) is 6.44. The summed E-state index contributed by atoms with van der Waals surface area (Å²) in [7, 11) is 0. The molecule has 3 nitrogen and oxygen atoms in total. The van der Waals surface area contributed by atoms with E-state index >= 15 is 0 Å². The Balaban J connectivity index is 2.61. The molecule has 1 amide bonds. The van der Waals surface area contributed by atoms with Crippen LogP contribution in [0.15, 0.2) is 18.2 Å². The van der Waals surface area contributed by atoms with Gasteiger partial charge in [-0.15, -0.1) is 0 Å². The number of benzene rings is 1. The maximum absolute atomic E-state index is 13.2. The Kier molecular flexibility index (Phi) is 5.37. The molecule has 0 unspecified atom stereocenters. The van der Waals surface area contributed by atoms with Gasteiger partial charge in [-0.05, 0) is 30.6 Å². The van der Waals surface area contributed by atoms with E-state index in [4.69, 9.17) is 5.73 Å². The van der Waals surface area contributed by atoms with Crippen molar-refractivity contribution in [1.29, 1.82) is 0 Å². The molecular formula is C11H14F2N2OS. The maximum atomic E-state index is 13.2. The van der Waals surface area contributed by atoms with E-state index < -0.39 is 23.6 Å². The molecule has 0 spiro atoms. The summed E-state index contributed by atoms with van der Waals surface area (Å²) in [5.74, 6) is -1.22. The van der Waals surface area contributed by atoms with Crippen molar-refractivity contribution >= 4 is 23.4 Å². The van der Waals surface area contributed by atoms with Gasteiger partial charge in [-0.25, -0.2) is 8.78 Å². The zero-order chi connectivity index (χ0) is 12.8. The highest BCUT2D eigenvalue weighted by molar-refractivity contribution is 7.98. The molecule has 0 radical (unpaired) electrons. The molecule has 0 saturated carbocycles. The molecule has 1 atom stereocenters. The van der Waals surface area contributed by atoms with Crippen LogP contribution < -0.4 is 11.1 Å². The third-order valence-electron chi connectivity index (χ3n) is 2.16. The van der Waals surface area contributed by atoms with E-state index in [1.165, 1.54) is 6.07 Å². The van der Waals surface area contributed by atoms with Crippen LogP contribution in [0.25, 0.3) is 0 Å². The molecule has 0 aliphatic carbocycles. The average molecular weight is 260 g/mol. The van der Waals surface area contributed by atoms with Gasteiger partial charge in [0.1, 0.15) is 11.6 Å². The van der Waals surface area contributed by atoms with Crippen LogP contribution in [-0.2, 0) is 4.79 Å². The van der Waals surface area contributed by atoms with Crippen molar-refractivity contribution in [2.24, 2.45) is 5.73 Å². The first-order chi connectivity index (χ1) is 8.04. The average Bonchev–Trinajstić information content (AvgIpc) is 2.29. The minimum Gasteiger partial charge on any atom is -0.322 e. The lowest BCUT2D eigenvalue weighted by Crippen LogP contribution is -2.36. The molecule has 1 aromatic rings. The van der Waals surface area contributed by atoms with E-state index in [9.17, 15) is 13.6 Å². The zero-order valence-corrected chi connectivity index (χ0v) is 10.2. The second kappa shape index (κ2) is 6.56. The van der Waals surface area contributed by atoms with Crippen LogP contribution in [0.2, 0.25) is 0 Å². The summed E-state index contributed by atoms with van der Waals surface area (Å²) in [6, 6.07) is 2.27. The topological polar surface area (TPSA) is 55.1 Å². The van der Waals surface area contributed by atoms with Crippen LogP contribution in [0.5, 0.6) is 0 Å². The van der Waals surface area contributed by atoms with Crippen LogP contribution in [0.4, 0.5) is 14.5 Å². The minimum atomic E-state index is -0.810. The molecule has 17 heavy (non-hydrogen) atoms. The van der Waals surface area contributed by atoms with Gasteiger partial charge >= 0.3 is 0 Å². The molecule has 0 aromatic heterocycles. The summed E-state index contributed by atoms with van der Waals surface area (Å²) in [5.41, 5.74) is 5.55. The summed E-state index contributed by atoms with van der Waals surface area (Å²) < 4.78 is 25.9. The fourth-order valence-electron chi connectivity index (χ4n) is 1.19. The Morgan fingerprint density at radius 3 is 2.82 bits per heavy atom.